The second-order valence-electron chi connectivity index (χ2n) is 5.39. The van der Waals surface area contributed by atoms with E-state index in [9.17, 15) is 4.39 Å². The molecule has 1 aromatic heterocycles. The second kappa shape index (κ2) is 6.51. The molecule has 0 bridgehead atoms. The van der Waals surface area contributed by atoms with Crippen LogP contribution in [0.5, 0.6) is 0 Å². The number of halogens is 3. The zero-order valence-electron chi connectivity index (χ0n) is 11.6. The van der Waals surface area contributed by atoms with Crippen LogP contribution in [0.4, 0.5) is 4.39 Å². The van der Waals surface area contributed by atoms with Crippen molar-refractivity contribution in [1.29, 1.82) is 0 Å². The molecule has 1 heterocycles. The van der Waals surface area contributed by atoms with Gasteiger partial charge in [0.05, 0.1) is 22.7 Å². The van der Waals surface area contributed by atoms with Crippen LogP contribution in [0.25, 0.3) is 11.0 Å². The fourth-order valence-corrected chi connectivity index (χ4v) is 2.71. The minimum Gasteiger partial charge on any atom is -0.379 e. The molecule has 2 aromatic rings. The molecule has 114 valence electrons. The molecule has 0 N–H and O–H groups in total. The number of fused-ring (bicyclic) bond motifs is 1. The van der Waals surface area contributed by atoms with E-state index in [1.54, 1.807) is 6.07 Å². The van der Waals surface area contributed by atoms with Gasteiger partial charge in [0.15, 0.2) is 0 Å². The van der Waals surface area contributed by atoms with E-state index in [1.807, 2.05) is 4.57 Å². The first-order chi connectivity index (χ1) is 10.2. The SMILES string of the molecule is Fc1cc2c(cc1Cl)nc(CCCl)n2CCOCC1CC1. The lowest BCUT2D eigenvalue weighted by Gasteiger charge is -2.09. The summed E-state index contributed by atoms with van der Waals surface area (Å²) in [7, 11) is 0. The number of aryl methyl sites for hydroxylation is 1. The molecule has 0 aliphatic heterocycles. The molecule has 0 amide bonds. The maximum atomic E-state index is 13.7. The van der Waals surface area contributed by atoms with Crippen molar-refractivity contribution in [3.8, 4) is 0 Å². The summed E-state index contributed by atoms with van der Waals surface area (Å²) in [5.74, 6) is 1.63. The van der Waals surface area contributed by atoms with E-state index >= 15 is 0 Å². The summed E-state index contributed by atoms with van der Waals surface area (Å²) < 4.78 is 21.3. The molecule has 1 aromatic carbocycles. The first-order valence-electron chi connectivity index (χ1n) is 7.17. The van der Waals surface area contributed by atoms with Crippen LogP contribution in [-0.2, 0) is 17.7 Å². The largest absolute Gasteiger partial charge is 0.379 e. The van der Waals surface area contributed by atoms with Crippen LogP contribution >= 0.6 is 23.2 Å². The number of hydrogen-bond acceptors (Lipinski definition) is 2. The van der Waals surface area contributed by atoms with Crippen molar-refractivity contribution in [3.05, 3.63) is 28.8 Å². The summed E-state index contributed by atoms with van der Waals surface area (Å²) in [5, 5.41) is 0.0922. The van der Waals surface area contributed by atoms with Crippen molar-refractivity contribution < 1.29 is 9.13 Å². The van der Waals surface area contributed by atoms with Crippen LogP contribution in [0, 0.1) is 11.7 Å². The average molecular weight is 331 g/mol. The molecule has 0 atom stereocenters. The number of imidazole rings is 1. The lowest BCUT2D eigenvalue weighted by atomic mass is 10.3. The first kappa shape index (κ1) is 15.1. The maximum Gasteiger partial charge on any atom is 0.144 e. The van der Waals surface area contributed by atoms with E-state index in [4.69, 9.17) is 27.9 Å². The Hall–Kier alpha value is -0.840. The van der Waals surface area contributed by atoms with E-state index < -0.39 is 5.82 Å². The molecule has 21 heavy (non-hydrogen) atoms. The monoisotopic (exact) mass is 330 g/mol. The highest BCUT2D eigenvalue weighted by Crippen LogP contribution is 2.29. The van der Waals surface area contributed by atoms with Gasteiger partial charge in [0.1, 0.15) is 11.6 Å². The van der Waals surface area contributed by atoms with Crippen molar-refractivity contribution in [2.45, 2.75) is 25.8 Å². The third kappa shape index (κ3) is 3.50. The Balaban J connectivity index is 1.81. The minimum atomic E-state index is -0.429. The van der Waals surface area contributed by atoms with E-state index in [0.29, 0.717) is 31.0 Å². The Morgan fingerprint density at radius 3 is 2.90 bits per heavy atom. The molecule has 1 aliphatic rings. The highest BCUT2D eigenvalue weighted by Gasteiger charge is 2.21. The zero-order chi connectivity index (χ0) is 14.8. The lowest BCUT2D eigenvalue weighted by Crippen LogP contribution is -2.11. The standard InChI is InChI=1S/C15H17Cl2FN2O/c16-4-3-15-19-13-7-11(17)12(18)8-14(13)20(15)5-6-21-9-10-1-2-10/h7-8,10H,1-6,9H2. The summed E-state index contributed by atoms with van der Waals surface area (Å²) in [6.45, 7) is 2.07. The fraction of sp³-hybridized carbons (Fsp3) is 0.533. The van der Waals surface area contributed by atoms with Crippen molar-refractivity contribution in [1.82, 2.24) is 9.55 Å². The van der Waals surface area contributed by atoms with E-state index in [0.717, 1.165) is 23.9 Å². The third-order valence-corrected chi connectivity index (χ3v) is 4.18. The van der Waals surface area contributed by atoms with Gasteiger partial charge < -0.3 is 9.30 Å². The number of hydrogen-bond donors (Lipinski definition) is 0. The third-order valence-electron chi connectivity index (χ3n) is 3.70. The number of aromatic nitrogens is 2. The minimum absolute atomic E-state index is 0.0922. The molecule has 1 saturated carbocycles. The summed E-state index contributed by atoms with van der Waals surface area (Å²) in [4.78, 5) is 4.50. The van der Waals surface area contributed by atoms with Crippen molar-refractivity contribution in [2.75, 3.05) is 19.1 Å². The quantitative estimate of drug-likeness (QED) is 0.566. The van der Waals surface area contributed by atoms with E-state index in [2.05, 4.69) is 4.98 Å². The normalized spacial score (nSPS) is 15.0. The second-order valence-corrected chi connectivity index (χ2v) is 6.18. The average Bonchev–Trinajstić information content (AvgIpc) is 3.22. The van der Waals surface area contributed by atoms with Gasteiger partial charge in [-0.05, 0) is 24.8 Å². The van der Waals surface area contributed by atoms with Crippen LogP contribution in [0.2, 0.25) is 5.02 Å². The Bertz CT molecular complexity index is 640. The Morgan fingerprint density at radius 2 is 2.19 bits per heavy atom. The van der Waals surface area contributed by atoms with Gasteiger partial charge in [-0.15, -0.1) is 11.6 Å². The molecular weight excluding hydrogens is 314 g/mol. The molecule has 3 nitrogen and oxygen atoms in total. The van der Waals surface area contributed by atoms with Crippen LogP contribution in [-0.4, -0.2) is 28.6 Å². The first-order valence-corrected chi connectivity index (χ1v) is 8.08. The van der Waals surface area contributed by atoms with Crippen LogP contribution in [0.3, 0.4) is 0 Å². The Morgan fingerprint density at radius 1 is 1.38 bits per heavy atom. The summed E-state index contributed by atoms with van der Waals surface area (Å²) in [6.07, 6.45) is 3.18. The number of ether oxygens (including phenoxy) is 1. The highest BCUT2D eigenvalue weighted by atomic mass is 35.5. The number of nitrogens with zero attached hydrogens (tertiary/aromatic N) is 2. The van der Waals surface area contributed by atoms with Gasteiger partial charge in [-0.25, -0.2) is 9.37 Å². The fourth-order valence-electron chi connectivity index (χ4n) is 2.39. The van der Waals surface area contributed by atoms with Gasteiger partial charge in [0.2, 0.25) is 0 Å². The van der Waals surface area contributed by atoms with E-state index in [-0.39, 0.29) is 5.02 Å². The van der Waals surface area contributed by atoms with Crippen molar-refractivity contribution >= 4 is 34.2 Å². The van der Waals surface area contributed by atoms with Gasteiger partial charge in [-0.1, -0.05) is 11.6 Å². The highest BCUT2D eigenvalue weighted by molar-refractivity contribution is 6.31. The topological polar surface area (TPSA) is 27.1 Å². The van der Waals surface area contributed by atoms with Gasteiger partial charge in [-0.2, -0.15) is 0 Å². The van der Waals surface area contributed by atoms with E-state index in [1.165, 1.54) is 18.9 Å². The predicted molar refractivity (Wildman–Crippen MR) is 82.7 cm³/mol. The molecule has 0 spiro atoms. The summed E-state index contributed by atoms with van der Waals surface area (Å²) >= 11 is 11.6. The van der Waals surface area contributed by atoms with Gasteiger partial charge >= 0.3 is 0 Å². The molecule has 3 rings (SSSR count). The van der Waals surface area contributed by atoms with Crippen molar-refractivity contribution in [2.24, 2.45) is 5.92 Å². The van der Waals surface area contributed by atoms with Gasteiger partial charge in [0.25, 0.3) is 0 Å². The smallest absolute Gasteiger partial charge is 0.144 e. The molecule has 0 radical (unpaired) electrons. The maximum absolute atomic E-state index is 13.7. The van der Waals surface area contributed by atoms with Gasteiger partial charge in [0, 0.05) is 31.5 Å². The summed E-state index contributed by atoms with van der Waals surface area (Å²) in [6, 6.07) is 2.99. The number of rotatable bonds is 7. The zero-order valence-corrected chi connectivity index (χ0v) is 13.1. The predicted octanol–water partition coefficient (Wildman–Crippen LogP) is 4.04. The Kier molecular flexibility index (Phi) is 4.67. The lowest BCUT2D eigenvalue weighted by molar-refractivity contribution is 0.117. The Labute approximate surface area is 133 Å². The number of alkyl halides is 1. The molecule has 0 saturated heterocycles. The molecule has 6 heteroatoms. The summed E-state index contributed by atoms with van der Waals surface area (Å²) in [5.41, 5.74) is 1.44. The van der Waals surface area contributed by atoms with Crippen LogP contribution in [0.15, 0.2) is 12.1 Å². The number of benzene rings is 1. The molecular formula is C15H17Cl2FN2O. The van der Waals surface area contributed by atoms with Crippen LogP contribution in [0.1, 0.15) is 18.7 Å². The molecule has 0 unspecified atom stereocenters. The molecule has 1 aliphatic carbocycles. The van der Waals surface area contributed by atoms with Crippen molar-refractivity contribution in [3.63, 3.8) is 0 Å². The molecule has 1 fully saturated rings. The van der Waals surface area contributed by atoms with Crippen LogP contribution < -0.4 is 0 Å². The van der Waals surface area contributed by atoms with Gasteiger partial charge in [-0.3, -0.25) is 0 Å².